The summed E-state index contributed by atoms with van der Waals surface area (Å²) in [4.78, 5) is 14.6. The summed E-state index contributed by atoms with van der Waals surface area (Å²) in [5.41, 5.74) is 0. The van der Waals surface area contributed by atoms with Crippen molar-refractivity contribution in [2.75, 3.05) is 19.8 Å². The Morgan fingerprint density at radius 3 is 2.67 bits per heavy atom. The van der Waals surface area contributed by atoms with Crippen LogP contribution in [0.3, 0.4) is 0 Å². The maximum absolute atomic E-state index is 12.5. The van der Waals surface area contributed by atoms with Gasteiger partial charge in [0.15, 0.2) is 0 Å². The van der Waals surface area contributed by atoms with Crippen LogP contribution in [-0.4, -0.2) is 48.7 Å². The second-order valence-electron chi connectivity index (χ2n) is 5.76. The molecule has 1 atom stereocenters. The maximum Gasteiger partial charge on any atom is 0.224 e. The number of carbonyl (C=O) groups is 1. The zero-order chi connectivity index (χ0) is 13.0. The lowest BCUT2D eigenvalue weighted by atomic mass is 10.1. The standard InChI is InChI=1S/C14H26N2O2/c1-11(2)16(13-5-3-4-6-13)14(17)9-12-10-18-8-7-15-12/h11-13,15H,3-10H2,1-2H3. The SMILES string of the molecule is CC(C)N(C(=O)CC1COCCN1)C1CCCC1. The van der Waals surface area contributed by atoms with Gasteiger partial charge in [0.2, 0.25) is 5.91 Å². The highest BCUT2D eigenvalue weighted by molar-refractivity contribution is 5.77. The molecular formula is C14H26N2O2. The molecule has 0 aromatic heterocycles. The molecule has 0 bridgehead atoms. The quantitative estimate of drug-likeness (QED) is 0.827. The fourth-order valence-corrected chi connectivity index (χ4v) is 3.16. The number of hydrogen-bond donors (Lipinski definition) is 1. The topological polar surface area (TPSA) is 41.6 Å². The van der Waals surface area contributed by atoms with Gasteiger partial charge in [0.25, 0.3) is 0 Å². The molecule has 4 nitrogen and oxygen atoms in total. The number of rotatable bonds is 4. The Hall–Kier alpha value is -0.610. The van der Waals surface area contributed by atoms with E-state index in [9.17, 15) is 4.79 Å². The first-order valence-electron chi connectivity index (χ1n) is 7.30. The van der Waals surface area contributed by atoms with Crippen LogP contribution in [-0.2, 0) is 9.53 Å². The number of amides is 1. The smallest absolute Gasteiger partial charge is 0.224 e. The van der Waals surface area contributed by atoms with Crippen LogP contribution >= 0.6 is 0 Å². The third kappa shape index (κ3) is 3.45. The van der Waals surface area contributed by atoms with Crippen molar-refractivity contribution >= 4 is 5.91 Å². The first kappa shape index (κ1) is 13.8. The number of hydrogen-bond acceptors (Lipinski definition) is 3. The molecule has 1 aliphatic carbocycles. The average molecular weight is 254 g/mol. The van der Waals surface area contributed by atoms with E-state index in [1.165, 1.54) is 25.7 Å². The highest BCUT2D eigenvalue weighted by atomic mass is 16.5. The highest BCUT2D eigenvalue weighted by Gasteiger charge is 2.30. The lowest BCUT2D eigenvalue weighted by molar-refractivity contribution is -0.136. The molecule has 1 heterocycles. The number of nitrogens with one attached hydrogen (secondary N) is 1. The number of nitrogens with zero attached hydrogens (tertiary/aromatic N) is 1. The summed E-state index contributed by atoms with van der Waals surface area (Å²) in [6.45, 7) is 6.55. The third-order valence-corrected chi connectivity index (χ3v) is 3.98. The molecule has 1 saturated heterocycles. The van der Waals surface area contributed by atoms with E-state index < -0.39 is 0 Å². The molecule has 2 fully saturated rings. The summed E-state index contributed by atoms with van der Waals surface area (Å²) in [6, 6.07) is 0.987. The summed E-state index contributed by atoms with van der Waals surface area (Å²) < 4.78 is 5.42. The fraction of sp³-hybridized carbons (Fsp3) is 0.929. The van der Waals surface area contributed by atoms with Crippen molar-refractivity contribution in [2.45, 2.75) is 64.1 Å². The van der Waals surface area contributed by atoms with Gasteiger partial charge in [-0.15, -0.1) is 0 Å². The Morgan fingerprint density at radius 1 is 1.39 bits per heavy atom. The molecule has 0 radical (unpaired) electrons. The summed E-state index contributed by atoms with van der Waals surface area (Å²) in [5, 5.41) is 3.36. The Balaban J connectivity index is 1.90. The van der Waals surface area contributed by atoms with E-state index >= 15 is 0 Å². The van der Waals surface area contributed by atoms with Crippen LogP contribution < -0.4 is 5.32 Å². The van der Waals surface area contributed by atoms with Gasteiger partial charge in [-0.1, -0.05) is 12.8 Å². The van der Waals surface area contributed by atoms with Crippen LogP contribution in [0.5, 0.6) is 0 Å². The average Bonchev–Trinajstić information content (AvgIpc) is 2.83. The Kier molecular flexibility index (Phi) is 5.01. The highest BCUT2D eigenvalue weighted by Crippen LogP contribution is 2.26. The van der Waals surface area contributed by atoms with Crippen LogP contribution in [0.1, 0.15) is 46.0 Å². The fourth-order valence-electron chi connectivity index (χ4n) is 3.16. The molecule has 0 aromatic carbocycles. The molecule has 2 aliphatic rings. The first-order chi connectivity index (χ1) is 8.68. The molecule has 2 rings (SSSR count). The molecular weight excluding hydrogens is 228 g/mol. The van der Waals surface area contributed by atoms with Crippen molar-refractivity contribution < 1.29 is 9.53 Å². The van der Waals surface area contributed by atoms with Crippen LogP contribution in [0.2, 0.25) is 0 Å². The predicted octanol–water partition coefficient (Wildman–Crippen LogP) is 1.54. The van der Waals surface area contributed by atoms with E-state index in [2.05, 4.69) is 24.1 Å². The Labute approximate surface area is 110 Å². The molecule has 1 aliphatic heterocycles. The van der Waals surface area contributed by atoms with Crippen molar-refractivity contribution in [3.63, 3.8) is 0 Å². The molecule has 1 amide bonds. The van der Waals surface area contributed by atoms with E-state index in [0.29, 0.717) is 31.0 Å². The van der Waals surface area contributed by atoms with Gasteiger partial charge in [-0.05, 0) is 26.7 Å². The van der Waals surface area contributed by atoms with Crippen LogP contribution in [0.4, 0.5) is 0 Å². The molecule has 1 unspecified atom stereocenters. The summed E-state index contributed by atoms with van der Waals surface area (Å²) in [7, 11) is 0. The van der Waals surface area contributed by atoms with E-state index in [-0.39, 0.29) is 6.04 Å². The lowest BCUT2D eigenvalue weighted by Gasteiger charge is -2.34. The summed E-state index contributed by atoms with van der Waals surface area (Å²) >= 11 is 0. The molecule has 18 heavy (non-hydrogen) atoms. The van der Waals surface area contributed by atoms with Crippen molar-refractivity contribution in [1.82, 2.24) is 10.2 Å². The van der Waals surface area contributed by atoms with Crippen LogP contribution in [0, 0.1) is 0 Å². The van der Waals surface area contributed by atoms with Gasteiger partial charge in [0.1, 0.15) is 0 Å². The van der Waals surface area contributed by atoms with Gasteiger partial charge in [-0.3, -0.25) is 4.79 Å². The number of morpholine rings is 1. The largest absolute Gasteiger partial charge is 0.378 e. The second kappa shape index (κ2) is 6.53. The second-order valence-corrected chi connectivity index (χ2v) is 5.76. The monoisotopic (exact) mass is 254 g/mol. The Bertz CT molecular complexity index is 269. The molecule has 0 aromatic rings. The van der Waals surface area contributed by atoms with Crippen molar-refractivity contribution in [3.05, 3.63) is 0 Å². The van der Waals surface area contributed by atoms with E-state index in [4.69, 9.17) is 4.74 Å². The van der Waals surface area contributed by atoms with Crippen molar-refractivity contribution in [1.29, 1.82) is 0 Å². The van der Waals surface area contributed by atoms with E-state index in [1.807, 2.05) is 0 Å². The van der Waals surface area contributed by atoms with Crippen LogP contribution in [0.25, 0.3) is 0 Å². The lowest BCUT2D eigenvalue weighted by Crippen LogP contribution is -2.49. The van der Waals surface area contributed by atoms with E-state index in [1.54, 1.807) is 0 Å². The normalized spacial score (nSPS) is 25.6. The van der Waals surface area contributed by atoms with Gasteiger partial charge in [-0.25, -0.2) is 0 Å². The van der Waals surface area contributed by atoms with Gasteiger partial charge >= 0.3 is 0 Å². The van der Waals surface area contributed by atoms with Crippen LogP contribution in [0.15, 0.2) is 0 Å². The minimum absolute atomic E-state index is 0.203. The third-order valence-electron chi connectivity index (χ3n) is 3.98. The minimum atomic E-state index is 0.203. The Morgan fingerprint density at radius 2 is 2.11 bits per heavy atom. The van der Waals surface area contributed by atoms with E-state index in [0.717, 1.165) is 13.2 Å². The summed E-state index contributed by atoms with van der Waals surface area (Å²) in [6.07, 6.45) is 5.48. The van der Waals surface area contributed by atoms with Gasteiger partial charge in [-0.2, -0.15) is 0 Å². The zero-order valence-corrected chi connectivity index (χ0v) is 11.7. The van der Waals surface area contributed by atoms with Crippen molar-refractivity contribution in [2.24, 2.45) is 0 Å². The molecule has 1 saturated carbocycles. The van der Waals surface area contributed by atoms with Gasteiger partial charge in [0, 0.05) is 31.1 Å². The zero-order valence-electron chi connectivity index (χ0n) is 11.7. The predicted molar refractivity (Wildman–Crippen MR) is 71.5 cm³/mol. The molecule has 104 valence electrons. The molecule has 0 spiro atoms. The number of ether oxygens (including phenoxy) is 1. The maximum atomic E-state index is 12.5. The van der Waals surface area contributed by atoms with Gasteiger partial charge in [0.05, 0.1) is 13.2 Å². The van der Waals surface area contributed by atoms with Gasteiger partial charge < -0.3 is 15.0 Å². The minimum Gasteiger partial charge on any atom is -0.378 e. The molecule has 4 heteroatoms. The summed E-state index contributed by atoms with van der Waals surface area (Å²) in [5.74, 6) is 0.292. The van der Waals surface area contributed by atoms with Crippen molar-refractivity contribution in [3.8, 4) is 0 Å². The first-order valence-corrected chi connectivity index (χ1v) is 7.30. The number of carbonyl (C=O) groups excluding carboxylic acids is 1. The molecule has 1 N–H and O–H groups in total.